The Hall–Kier alpha value is -2.81. The first-order valence-corrected chi connectivity index (χ1v) is 9.25. The van der Waals surface area contributed by atoms with Gasteiger partial charge in [-0.05, 0) is 30.0 Å². The number of aromatic nitrogens is 4. The van der Waals surface area contributed by atoms with E-state index in [1.807, 2.05) is 26.8 Å². The molecule has 1 amide bonds. The van der Waals surface area contributed by atoms with E-state index in [1.165, 1.54) is 11.3 Å². The molecule has 1 fully saturated rings. The van der Waals surface area contributed by atoms with Crippen molar-refractivity contribution >= 4 is 34.6 Å². The van der Waals surface area contributed by atoms with Gasteiger partial charge in [-0.3, -0.25) is 14.0 Å². The average Bonchev–Trinajstić information content (AvgIpc) is 3.30. The second-order valence-electron chi connectivity index (χ2n) is 6.22. The van der Waals surface area contributed by atoms with E-state index in [2.05, 4.69) is 20.1 Å². The number of ketones is 1. The molecule has 3 aromatic heterocycles. The van der Waals surface area contributed by atoms with E-state index >= 15 is 0 Å². The van der Waals surface area contributed by atoms with Crippen molar-refractivity contribution in [2.45, 2.75) is 13.3 Å². The standard InChI is InChI=1S/C17H18N6O2S/c1-12(24)14-8-13(10-26-14)9-16(25)22-6-4-21(5-7-22)15-2-3-18-17-20-19-11-23(15)17/h2-3,8,10-11H,4-7,9H2,1H3. The lowest BCUT2D eigenvalue weighted by atomic mass is 10.2. The topological polar surface area (TPSA) is 83.7 Å². The van der Waals surface area contributed by atoms with Crippen molar-refractivity contribution in [3.8, 4) is 0 Å². The monoisotopic (exact) mass is 370 g/mol. The number of amides is 1. The normalized spacial score (nSPS) is 14.8. The third-order valence-electron chi connectivity index (χ3n) is 4.50. The highest BCUT2D eigenvalue weighted by Gasteiger charge is 2.23. The molecule has 0 saturated carbocycles. The van der Waals surface area contributed by atoms with Gasteiger partial charge in [0.05, 0.1) is 11.3 Å². The van der Waals surface area contributed by atoms with Crippen LogP contribution in [-0.2, 0) is 11.2 Å². The zero-order valence-corrected chi connectivity index (χ0v) is 15.1. The number of Topliss-reactive ketones (excluding diaryl/α,β-unsaturated/α-hetero) is 1. The maximum Gasteiger partial charge on any atom is 0.256 e. The van der Waals surface area contributed by atoms with E-state index in [0.717, 1.165) is 24.5 Å². The molecule has 9 heteroatoms. The van der Waals surface area contributed by atoms with Crippen LogP contribution in [0.3, 0.4) is 0 Å². The van der Waals surface area contributed by atoms with Gasteiger partial charge in [-0.1, -0.05) is 0 Å². The summed E-state index contributed by atoms with van der Waals surface area (Å²) in [7, 11) is 0. The summed E-state index contributed by atoms with van der Waals surface area (Å²) >= 11 is 1.40. The number of hydrogen-bond donors (Lipinski definition) is 0. The molecule has 3 aromatic rings. The van der Waals surface area contributed by atoms with E-state index in [9.17, 15) is 9.59 Å². The van der Waals surface area contributed by atoms with Crippen molar-refractivity contribution < 1.29 is 9.59 Å². The van der Waals surface area contributed by atoms with Crippen molar-refractivity contribution in [3.05, 3.63) is 40.5 Å². The van der Waals surface area contributed by atoms with Gasteiger partial charge in [0.15, 0.2) is 5.78 Å². The Morgan fingerprint density at radius 3 is 2.77 bits per heavy atom. The van der Waals surface area contributed by atoms with Crippen molar-refractivity contribution in [1.82, 2.24) is 24.5 Å². The van der Waals surface area contributed by atoms with Crippen LogP contribution in [0.25, 0.3) is 5.78 Å². The third-order valence-corrected chi connectivity index (χ3v) is 5.58. The lowest BCUT2D eigenvalue weighted by Crippen LogP contribution is -2.49. The zero-order chi connectivity index (χ0) is 18.1. The summed E-state index contributed by atoms with van der Waals surface area (Å²) in [5, 5.41) is 9.76. The molecule has 0 spiro atoms. The van der Waals surface area contributed by atoms with Crippen LogP contribution in [-0.4, -0.2) is 62.4 Å². The first kappa shape index (κ1) is 16.6. The summed E-state index contributed by atoms with van der Waals surface area (Å²) in [5.41, 5.74) is 0.910. The molecule has 134 valence electrons. The molecule has 0 aliphatic carbocycles. The molecule has 1 aliphatic rings. The Morgan fingerprint density at radius 2 is 2.04 bits per heavy atom. The van der Waals surface area contributed by atoms with Crippen LogP contribution >= 0.6 is 11.3 Å². The quantitative estimate of drug-likeness (QED) is 0.644. The van der Waals surface area contributed by atoms with Gasteiger partial charge in [-0.2, -0.15) is 0 Å². The minimum atomic E-state index is 0.0416. The van der Waals surface area contributed by atoms with E-state index in [4.69, 9.17) is 0 Å². The Bertz CT molecular complexity index is 957. The van der Waals surface area contributed by atoms with Gasteiger partial charge in [0.2, 0.25) is 5.91 Å². The predicted molar refractivity (Wildman–Crippen MR) is 97.6 cm³/mol. The highest BCUT2D eigenvalue weighted by atomic mass is 32.1. The van der Waals surface area contributed by atoms with Crippen molar-refractivity contribution in [3.63, 3.8) is 0 Å². The van der Waals surface area contributed by atoms with Crippen LogP contribution in [0.2, 0.25) is 0 Å². The van der Waals surface area contributed by atoms with Gasteiger partial charge in [0.1, 0.15) is 12.1 Å². The van der Waals surface area contributed by atoms with Gasteiger partial charge in [0, 0.05) is 32.4 Å². The molecule has 0 atom stereocenters. The largest absolute Gasteiger partial charge is 0.354 e. The summed E-state index contributed by atoms with van der Waals surface area (Å²) in [6, 6.07) is 3.75. The molecule has 0 N–H and O–H groups in total. The Labute approximate surface area is 154 Å². The summed E-state index contributed by atoms with van der Waals surface area (Å²) in [6.45, 7) is 4.35. The second-order valence-corrected chi connectivity index (χ2v) is 7.14. The number of carbonyl (C=O) groups is 2. The average molecular weight is 370 g/mol. The molecule has 4 rings (SSSR count). The Morgan fingerprint density at radius 1 is 1.23 bits per heavy atom. The van der Waals surface area contributed by atoms with E-state index in [0.29, 0.717) is 30.2 Å². The number of thiophene rings is 1. The third kappa shape index (κ3) is 3.17. The molecule has 0 unspecified atom stereocenters. The number of fused-ring (bicyclic) bond motifs is 1. The number of hydrogen-bond acceptors (Lipinski definition) is 7. The Kier molecular flexibility index (Phi) is 4.37. The number of piperazine rings is 1. The van der Waals surface area contributed by atoms with E-state index < -0.39 is 0 Å². The van der Waals surface area contributed by atoms with Gasteiger partial charge in [0.25, 0.3) is 5.78 Å². The van der Waals surface area contributed by atoms with E-state index in [-0.39, 0.29) is 11.7 Å². The predicted octanol–water partition coefficient (Wildman–Crippen LogP) is 1.28. The van der Waals surface area contributed by atoms with Crippen LogP contribution in [0.1, 0.15) is 22.2 Å². The molecule has 0 bridgehead atoms. The molecule has 1 saturated heterocycles. The first-order valence-electron chi connectivity index (χ1n) is 8.37. The van der Waals surface area contributed by atoms with Crippen LogP contribution in [0.4, 0.5) is 5.82 Å². The summed E-state index contributed by atoms with van der Waals surface area (Å²) in [5.74, 6) is 1.69. The number of anilines is 1. The molecule has 26 heavy (non-hydrogen) atoms. The van der Waals surface area contributed by atoms with Gasteiger partial charge >= 0.3 is 0 Å². The van der Waals surface area contributed by atoms with Crippen LogP contribution in [0.15, 0.2) is 30.0 Å². The first-order chi connectivity index (χ1) is 12.6. The second kappa shape index (κ2) is 6.83. The SMILES string of the molecule is CC(=O)c1cc(CC(=O)N2CCN(c3ccnc4nncn34)CC2)cs1. The Balaban J connectivity index is 1.39. The maximum absolute atomic E-state index is 12.6. The fraction of sp³-hybridized carbons (Fsp3) is 0.353. The molecular formula is C17H18N6O2S. The molecule has 4 heterocycles. The van der Waals surface area contributed by atoms with Crippen molar-refractivity contribution in [2.24, 2.45) is 0 Å². The molecule has 8 nitrogen and oxygen atoms in total. The minimum absolute atomic E-state index is 0.0416. The molecule has 1 aliphatic heterocycles. The number of nitrogens with zero attached hydrogens (tertiary/aromatic N) is 6. The molecule has 0 aromatic carbocycles. The van der Waals surface area contributed by atoms with Crippen molar-refractivity contribution in [2.75, 3.05) is 31.1 Å². The van der Waals surface area contributed by atoms with Gasteiger partial charge in [-0.25, -0.2) is 4.98 Å². The van der Waals surface area contributed by atoms with Gasteiger partial charge < -0.3 is 9.80 Å². The van der Waals surface area contributed by atoms with Gasteiger partial charge in [-0.15, -0.1) is 21.5 Å². The zero-order valence-electron chi connectivity index (χ0n) is 14.3. The fourth-order valence-corrected chi connectivity index (χ4v) is 3.93. The minimum Gasteiger partial charge on any atom is -0.354 e. The highest BCUT2D eigenvalue weighted by Crippen LogP contribution is 2.19. The fourth-order valence-electron chi connectivity index (χ4n) is 3.11. The molecular weight excluding hydrogens is 352 g/mol. The summed E-state index contributed by atoms with van der Waals surface area (Å²) in [6.07, 6.45) is 3.72. The lowest BCUT2D eigenvalue weighted by molar-refractivity contribution is -0.130. The highest BCUT2D eigenvalue weighted by molar-refractivity contribution is 7.12. The molecule has 0 radical (unpaired) electrons. The summed E-state index contributed by atoms with van der Waals surface area (Å²) in [4.78, 5) is 32.9. The van der Waals surface area contributed by atoms with Crippen LogP contribution in [0, 0.1) is 0 Å². The van der Waals surface area contributed by atoms with Crippen molar-refractivity contribution in [1.29, 1.82) is 0 Å². The lowest BCUT2D eigenvalue weighted by Gasteiger charge is -2.36. The van der Waals surface area contributed by atoms with Crippen LogP contribution < -0.4 is 4.90 Å². The number of rotatable bonds is 4. The van der Waals surface area contributed by atoms with E-state index in [1.54, 1.807) is 19.4 Å². The smallest absolute Gasteiger partial charge is 0.256 e. The van der Waals surface area contributed by atoms with Crippen LogP contribution in [0.5, 0.6) is 0 Å². The number of carbonyl (C=O) groups excluding carboxylic acids is 2. The summed E-state index contributed by atoms with van der Waals surface area (Å²) < 4.78 is 1.85. The maximum atomic E-state index is 12.6.